The lowest BCUT2D eigenvalue weighted by molar-refractivity contribution is -0.121. The molecule has 1 rings (SSSR count). The summed E-state index contributed by atoms with van der Waals surface area (Å²) in [5.41, 5.74) is 2.12. The highest BCUT2D eigenvalue weighted by atomic mass is 16.5. The minimum atomic E-state index is -0.273. The molecule has 0 bridgehead atoms. The van der Waals surface area contributed by atoms with Crippen molar-refractivity contribution in [2.45, 2.75) is 52.8 Å². The Bertz CT molecular complexity index is 503. The third-order valence-electron chi connectivity index (χ3n) is 3.61. The molecule has 0 fully saturated rings. The number of rotatable bonds is 10. The van der Waals surface area contributed by atoms with Gasteiger partial charge >= 0.3 is 6.03 Å². The minimum absolute atomic E-state index is 0.0467. The van der Waals surface area contributed by atoms with Gasteiger partial charge in [0.15, 0.2) is 0 Å². The van der Waals surface area contributed by atoms with Crippen molar-refractivity contribution in [3.05, 3.63) is 35.4 Å². The first-order chi connectivity index (χ1) is 11.5. The summed E-state index contributed by atoms with van der Waals surface area (Å²) in [6.07, 6.45) is 1.17. The quantitative estimate of drug-likeness (QED) is 0.614. The molecule has 1 aromatic rings. The average molecular weight is 335 g/mol. The van der Waals surface area contributed by atoms with E-state index in [4.69, 9.17) is 4.74 Å². The molecule has 6 heteroatoms. The third-order valence-corrected chi connectivity index (χ3v) is 3.61. The zero-order chi connectivity index (χ0) is 17.8. The summed E-state index contributed by atoms with van der Waals surface area (Å²) in [5, 5.41) is 8.32. The fourth-order valence-corrected chi connectivity index (χ4v) is 1.96. The summed E-state index contributed by atoms with van der Waals surface area (Å²) >= 11 is 0. The Kier molecular flexibility index (Phi) is 9.53. The molecule has 0 heterocycles. The number of carbonyl (C=O) groups excluding carboxylic acids is 2. The third kappa shape index (κ3) is 8.53. The second-order valence-electron chi connectivity index (χ2n) is 5.69. The zero-order valence-corrected chi connectivity index (χ0v) is 14.9. The second-order valence-corrected chi connectivity index (χ2v) is 5.69. The summed E-state index contributed by atoms with van der Waals surface area (Å²) in [7, 11) is 0. The highest BCUT2D eigenvalue weighted by Crippen LogP contribution is 2.05. The van der Waals surface area contributed by atoms with E-state index in [0.717, 1.165) is 17.5 Å². The van der Waals surface area contributed by atoms with Crippen LogP contribution in [0.4, 0.5) is 4.79 Å². The summed E-state index contributed by atoms with van der Waals surface area (Å²) in [4.78, 5) is 23.3. The molecule has 6 nitrogen and oxygen atoms in total. The van der Waals surface area contributed by atoms with Crippen LogP contribution in [0.2, 0.25) is 0 Å². The minimum Gasteiger partial charge on any atom is -0.377 e. The molecule has 1 atom stereocenters. The molecule has 1 aromatic carbocycles. The first kappa shape index (κ1) is 20.0. The number of nitrogens with one attached hydrogen (secondary N) is 3. The lowest BCUT2D eigenvalue weighted by Crippen LogP contribution is -2.38. The van der Waals surface area contributed by atoms with E-state index in [1.54, 1.807) is 0 Å². The van der Waals surface area contributed by atoms with Crippen LogP contribution in [-0.4, -0.2) is 31.1 Å². The van der Waals surface area contributed by atoms with Crippen molar-refractivity contribution in [1.29, 1.82) is 0 Å². The van der Waals surface area contributed by atoms with E-state index >= 15 is 0 Å². The largest absolute Gasteiger partial charge is 0.377 e. The smallest absolute Gasteiger partial charge is 0.315 e. The van der Waals surface area contributed by atoms with Crippen molar-refractivity contribution < 1.29 is 14.3 Å². The number of hydrogen-bond donors (Lipinski definition) is 3. The van der Waals surface area contributed by atoms with E-state index in [0.29, 0.717) is 26.3 Å². The maximum atomic E-state index is 11.7. The standard InChI is InChI=1S/C18H29N3O3/c1-4-14(3)21-17(22)10-11-19-18(23)20-12-15-6-8-16(9-7-15)13-24-5-2/h6-9,14H,4-5,10-13H2,1-3H3,(H,21,22)(H2,19,20,23)/t14-/m1/s1. The van der Waals surface area contributed by atoms with Gasteiger partial charge in [0.2, 0.25) is 5.91 Å². The van der Waals surface area contributed by atoms with E-state index in [9.17, 15) is 9.59 Å². The molecule has 0 saturated heterocycles. The Hall–Kier alpha value is -2.08. The Morgan fingerprint density at radius 3 is 2.38 bits per heavy atom. The molecule has 24 heavy (non-hydrogen) atoms. The van der Waals surface area contributed by atoms with Crippen LogP contribution >= 0.6 is 0 Å². The van der Waals surface area contributed by atoms with Gasteiger partial charge in [-0.2, -0.15) is 0 Å². The van der Waals surface area contributed by atoms with E-state index in [-0.39, 0.29) is 24.4 Å². The molecule has 0 aliphatic rings. The van der Waals surface area contributed by atoms with Crippen LogP contribution in [0.3, 0.4) is 0 Å². The predicted molar refractivity (Wildman–Crippen MR) is 94.5 cm³/mol. The van der Waals surface area contributed by atoms with Crippen molar-refractivity contribution in [2.24, 2.45) is 0 Å². The van der Waals surface area contributed by atoms with Crippen LogP contribution in [-0.2, 0) is 22.7 Å². The summed E-state index contributed by atoms with van der Waals surface area (Å²) in [6.45, 7) is 7.99. The molecular formula is C18H29N3O3. The summed E-state index contributed by atoms with van der Waals surface area (Å²) in [6, 6.07) is 7.80. The molecule has 0 spiro atoms. The van der Waals surface area contributed by atoms with E-state index in [1.165, 1.54) is 0 Å². The number of hydrogen-bond acceptors (Lipinski definition) is 3. The van der Waals surface area contributed by atoms with Crippen LogP contribution in [0.5, 0.6) is 0 Å². The van der Waals surface area contributed by atoms with Crippen LogP contribution < -0.4 is 16.0 Å². The first-order valence-corrected chi connectivity index (χ1v) is 8.51. The molecule has 0 aliphatic carbocycles. The molecule has 3 amide bonds. The van der Waals surface area contributed by atoms with Crippen LogP contribution in [0.15, 0.2) is 24.3 Å². The van der Waals surface area contributed by atoms with Crippen molar-refractivity contribution in [3.8, 4) is 0 Å². The highest BCUT2D eigenvalue weighted by molar-refractivity contribution is 5.78. The molecule has 3 N–H and O–H groups in total. The van der Waals surface area contributed by atoms with Gasteiger partial charge in [0.25, 0.3) is 0 Å². The van der Waals surface area contributed by atoms with Crippen molar-refractivity contribution in [2.75, 3.05) is 13.2 Å². The molecule has 0 radical (unpaired) electrons. The van der Waals surface area contributed by atoms with Crippen LogP contribution in [0.1, 0.15) is 44.7 Å². The van der Waals surface area contributed by atoms with Crippen molar-refractivity contribution in [1.82, 2.24) is 16.0 Å². The number of urea groups is 1. The first-order valence-electron chi connectivity index (χ1n) is 8.51. The highest BCUT2D eigenvalue weighted by Gasteiger charge is 2.06. The number of ether oxygens (including phenoxy) is 1. The molecular weight excluding hydrogens is 306 g/mol. The van der Waals surface area contributed by atoms with Gasteiger partial charge in [0, 0.05) is 32.2 Å². The SMILES string of the molecule is CCOCc1ccc(CNC(=O)NCCC(=O)N[C@H](C)CC)cc1. The Morgan fingerprint density at radius 2 is 1.75 bits per heavy atom. The fourth-order valence-electron chi connectivity index (χ4n) is 1.96. The van der Waals surface area contributed by atoms with E-state index in [2.05, 4.69) is 16.0 Å². The lowest BCUT2D eigenvalue weighted by Gasteiger charge is -2.12. The normalized spacial score (nSPS) is 11.6. The monoisotopic (exact) mass is 335 g/mol. The molecule has 0 unspecified atom stereocenters. The van der Waals surface area contributed by atoms with Crippen LogP contribution in [0, 0.1) is 0 Å². The van der Waals surface area contributed by atoms with E-state index < -0.39 is 0 Å². The van der Waals surface area contributed by atoms with Gasteiger partial charge < -0.3 is 20.7 Å². The van der Waals surface area contributed by atoms with E-state index in [1.807, 2.05) is 45.0 Å². The Balaban J connectivity index is 2.20. The molecule has 0 aromatic heterocycles. The van der Waals surface area contributed by atoms with Gasteiger partial charge in [-0.25, -0.2) is 4.79 Å². The molecule has 0 saturated carbocycles. The number of carbonyl (C=O) groups is 2. The molecule has 0 aliphatic heterocycles. The van der Waals surface area contributed by atoms with Gasteiger partial charge in [-0.3, -0.25) is 4.79 Å². The van der Waals surface area contributed by atoms with Gasteiger partial charge in [-0.1, -0.05) is 31.2 Å². The Labute approximate surface area is 144 Å². The van der Waals surface area contributed by atoms with Gasteiger partial charge in [-0.05, 0) is 31.4 Å². The zero-order valence-electron chi connectivity index (χ0n) is 14.9. The second kappa shape index (κ2) is 11.5. The van der Waals surface area contributed by atoms with Crippen molar-refractivity contribution in [3.63, 3.8) is 0 Å². The lowest BCUT2D eigenvalue weighted by atomic mass is 10.1. The van der Waals surface area contributed by atoms with Crippen LogP contribution in [0.25, 0.3) is 0 Å². The summed E-state index contributed by atoms with van der Waals surface area (Å²) in [5.74, 6) is -0.0467. The predicted octanol–water partition coefficient (Wildman–Crippen LogP) is 2.33. The number of benzene rings is 1. The van der Waals surface area contributed by atoms with Gasteiger partial charge in [0.1, 0.15) is 0 Å². The fraction of sp³-hybridized carbons (Fsp3) is 0.556. The number of amides is 3. The van der Waals surface area contributed by atoms with Crippen molar-refractivity contribution >= 4 is 11.9 Å². The maximum Gasteiger partial charge on any atom is 0.315 e. The average Bonchev–Trinajstić information content (AvgIpc) is 2.58. The summed E-state index contributed by atoms with van der Waals surface area (Å²) < 4.78 is 5.34. The maximum absolute atomic E-state index is 11.7. The molecule has 134 valence electrons. The topological polar surface area (TPSA) is 79.5 Å². The van der Waals surface area contributed by atoms with Gasteiger partial charge in [0.05, 0.1) is 6.61 Å². The Morgan fingerprint density at radius 1 is 1.08 bits per heavy atom. The van der Waals surface area contributed by atoms with Gasteiger partial charge in [-0.15, -0.1) is 0 Å².